The van der Waals surface area contributed by atoms with E-state index in [4.69, 9.17) is 16.3 Å². The number of amides is 2. The van der Waals surface area contributed by atoms with Gasteiger partial charge in [0, 0.05) is 18.1 Å². The van der Waals surface area contributed by atoms with Crippen molar-refractivity contribution in [2.75, 3.05) is 13.2 Å². The van der Waals surface area contributed by atoms with Crippen LogP contribution in [-0.2, 0) is 16.1 Å². The lowest BCUT2D eigenvalue weighted by Gasteiger charge is -2.28. The Morgan fingerprint density at radius 1 is 1.07 bits per heavy atom. The molecule has 0 unspecified atom stereocenters. The van der Waals surface area contributed by atoms with E-state index in [1.54, 1.807) is 36.1 Å². The summed E-state index contributed by atoms with van der Waals surface area (Å²) in [6.07, 6.45) is 3.08. The molecule has 0 bridgehead atoms. The summed E-state index contributed by atoms with van der Waals surface area (Å²) in [6, 6.07) is 15.8. The fourth-order valence-electron chi connectivity index (χ4n) is 2.85. The molecule has 0 aliphatic carbocycles. The maximum Gasteiger partial charge on any atom is 0.261 e. The highest BCUT2D eigenvalue weighted by Gasteiger charge is 2.26. The van der Waals surface area contributed by atoms with Gasteiger partial charge in [-0.15, -0.1) is 0 Å². The molecule has 0 saturated carbocycles. The lowest BCUT2D eigenvalue weighted by molar-refractivity contribution is -0.142. The summed E-state index contributed by atoms with van der Waals surface area (Å²) in [5.41, 5.74) is 0.896. The number of carbonyl (C=O) groups is 2. The fraction of sp³-hybridized carbons (Fsp3) is 0.391. The highest BCUT2D eigenvalue weighted by molar-refractivity contribution is 6.30. The summed E-state index contributed by atoms with van der Waals surface area (Å²) < 4.78 is 5.60. The van der Waals surface area contributed by atoms with Crippen LogP contribution < -0.4 is 10.1 Å². The number of carbonyl (C=O) groups excluding carboxylic acids is 2. The van der Waals surface area contributed by atoms with Crippen molar-refractivity contribution < 1.29 is 14.3 Å². The molecule has 156 valence electrons. The van der Waals surface area contributed by atoms with Crippen LogP contribution in [0.15, 0.2) is 54.6 Å². The van der Waals surface area contributed by atoms with E-state index >= 15 is 0 Å². The first kappa shape index (κ1) is 22.8. The number of rotatable bonds is 11. The molecule has 0 fully saturated rings. The Kier molecular flexibility index (Phi) is 9.51. The van der Waals surface area contributed by atoms with Crippen LogP contribution in [0.25, 0.3) is 0 Å². The van der Waals surface area contributed by atoms with E-state index in [1.807, 2.05) is 30.3 Å². The van der Waals surface area contributed by atoms with Crippen molar-refractivity contribution in [3.63, 3.8) is 0 Å². The number of para-hydroxylation sites is 1. The summed E-state index contributed by atoms with van der Waals surface area (Å²) in [5, 5.41) is 3.55. The lowest BCUT2D eigenvalue weighted by atomic mass is 10.1. The van der Waals surface area contributed by atoms with E-state index in [9.17, 15) is 9.59 Å². The topological polar surface area (TPSA) is 58.6 Å². The molecule has 0 spiro atoms. The van der Waals surface area contributed by atoms with Gasteiger partial charge >= 0.3 is 0 Å². The van der Waals surface area contributed by atoms with Crippen molar-refractivity contribution in [1.82, 2.24) is 10.2 Å². The molecular weight excluding hydrogens is 388 g/mol. The molecule has 29 heavy (non-hydrogen) atoms. The average Bonchev–Trinajstić information content (AvgIpc) is 2.74. The first-order chi connectivity index (χ1) is 14.0. The van der Waals surface area contributed by atoms with Gasteiger partial charge in [0.25, 0.3) is 5.91 Å². The van der Waals surface area contributed by atoms with Crippen LogP contribution in [0.4, 0.5) is 0 Å². The number of halogens is 1. The third kappa shape index (κ3) is 7.78. The van der Waals surface area contributed by atoms with E-state index in [0.717, 1.165) is 24.8 Å². The molecule has 6 heteroatoms. The van der Waals surface area contributed by atoms with Gasteiger partial charge in [0.1, 0.15) is 11.8 Å². The normalized spacial score (nSPS) is 11.6. The standard InChI is InChI=1S/C23H29ClN2O3/c1-3-4-8-15-25-23(28)18(2)26(16-19-11-13-20(24)14-12-19)22(27)17-29-21-9-6-5-7-10-21/h5-7,9-14,18H,3-4,8,15-17H2,1-2H3,(H,25,28)/t18-/m0/s1. The van der Waals surface area contributed by atoms with E-state index in [0.29, 0.717) is 23.9 Å². The Morgan fingerprint density at radius 2 is 1.76 bits per heavy atom. The zero-order valence-corrected chi connectivity index (χ0v) is 17.8. The number of benzene rings is 2. The second-order valence-corrected chi connectivity index (χ2v) is 7.36. The third-order valence-corrected chi connectivity index (χ3v) is 4.87. The smallest absolute Gasteiger partial charge is 0.261 e. The molecular formula is C23H29ClN2O3. The van der Waals surface area contributed by atoms with Crippen LogP contribution in [0.5, 0.6) is 5.75 Å². The number of unbranched alkanes of at least 4 members (excludes halogenated alkanes) is 2. The summed E-state index contributed by atoms with van der Waals surface area (Å²) in [4.78, 5) is 27.1. The van der Waals surface area contributed by atoms with Crippen molar-refractivity contribution in [2.24, 2.45) is 0 Å². The third-order valence-electron chi connectivity index (χ3n) is 4.62. The molecule has 0 aliphatic rings. The van der Waals surface area contributed by atoms with Crippen molar-refractivity contribution in [3.05, 3.63) is 65.2 Å². The maximum atomic E-state index is 12.9. The van der Waals surface area contributed by atoms with Gasteiger partial charge in [-0.2, -0.15) is 0 Å². The Bertz CT molecular complexity index is 765. The second-order valence-electron chi connectivity index (χ2n) is 6.92. The zero-order chi connectivity index (χ0) is 21.1. The number of hydrogen-bond donors (Lipinski definition) is 1. The van der Waals surface area contributed by atoms with Gasteiger partial charge in [0.15, 0.2) is 6.61 Å². The van der Waals surface area contributed by atoms with Crippen LogP contribution >= 0.6 is 11.6 Å². The molecule has 0 radical (unpaired) electrons. The van der Waals surface area contributed by atoms with Crippen LogP contribution in [0.2, 0.25) is 5.02 Å². The highest BCUT2D eigenvalue weighted by Crippen LogP contribution is 2.15. The van der Waals surface area contributed by atoms with Gasteiger partial charge in [-0.1, -0.05) is 61.7 Å². The molecule has 1 N–H and O–H groups in total. The lowest BCUT2D eigenvalue weighted by Crippen LogP contribution is -2.49. The number of nitrogens with zero attached hydrogens (tertiary/aromatic N) is 1. The molecule has 0 aliphatic heterocycles. The Balaban J connectivity index is 2.05. The summed E-state index contributed by atoms with van der Waals surface area (Å²) >= 11 is 5.96. The predicted octanol–water partition coefficient (Wildman–Crippen LogP) is 4.44. The molecule has 0 heterocycles. The minimum absolute atomic E-state index is 0.134. The van der Waals surface area contributed by atoms with Gasteiger partial charge in [0.05, 0.1) is 0 Å². The van der Waals surface area contributed by atoms with Crippen LogP contribution in [0, 0.1) is 0 Å². The molecule has 1 atom stereocenters. The monoisotopic (exact) mass is 416 g/mol. The van der Waals surface area contributed by atoms with E-state index in [-0.39, 0.29) is 18.4 Å². The van der Waals surface area contributed by atoms with E-state index in [2.05, 4.69) is 12.2 Å². The van der Waals surface area contributed by atoms with Gasteiger partial charge in [-0.05, 0) is 43.2 Å². The first-order valence-electron chi connectivity index (χ1n) is 10.0. The SMILES string of the molecule is CCCCCNC(=O)[C@H](C)N(Cc1ccc(Cl)cc1)C(=O)COc1ccccc1. The van der Waals surface area contributed by atoms with Crippen LogP contribution in [0.3, 0.4) is 0 Å². The summed E-state index contributed by atoms with van der Waals surface area (Å²) in [5.74, 6) is 0.201. The van der Waals surface area contributed by atoms with Crippen LogP contribution in [0.1, 0.15) is 38.7 Å². The minimum atomic E-state index is -0.612. The van der Waals surface area contributed by atoms with E-state index < -0.39 is 6.04 Å². The largest absolute Gasteiger partial charge is 0.484 e. The number of hydrogen-bond acceptors (Lipinski definition) is 3. The van der Waals surface area contributed by atoms with E-state index in [1.165, 1.54) is 0 Å². The minimum Gasteiger partial charge on any atom is -0.484 e. The first-order valence-corrected chi connectivity index (χ1v) is 10.4. The highest BCUT2D eigenvalue weighted by atomic mass is 35.5. The van der Waals surface area contributed by atoms with Crippen LogP contribution in [-0.4, -0.2) is 35.9 Å². The van der Waals surface area contributed by atoms with Crippen molar-refractivity contribution in [2.45, 2.75) is 45.7 Å². The van der Waals surface area contributed by atoms with Crippen molar-refractivity contribution in [1.29, 1.82) is 0 Å². The average molecular weight is 417 g/mol. The Labute approximate surface area is 178 Å². The van der Waals surface area contributed by atoms with Gasteiger partial charge in [-0.3, -0.25) is 9.59 Å². The molecule has 2 aromatic rings. The van der Waals surface area contributed by atoms with Gasteiger partial charge in [-0.25, -0.2) is 0 Å². The molecule has 2 aromatic carbocycles. The second kappa shape index (κ2) is 12.1. The summed E-state index contributed by atoms with van der Waals surface area (Å²) in [7, 11) is 0. The Hall–Kier alpha value is -2.53. The molecule has 0 saturated heterocycles. The predicted molar refractivity (Wildman–Crippen MR) is 116 cm³/mol. The molecule has 5 nitrogen and oxygen atoms in total. The number of ether oxygens (including phenoxy) is 1. The van der Waals surface area contributed by atoms with Crippen molar-refractivity contribution in [3.8, 4) is 5.75 Å². The molecule has 0 aromatic heterocycles. The molecule has 2 amide bonds. The fourth-order valence-corrected chi connectivity index (χ4v) is 2.97. The number of nitrogens with one attached hydrogen (secondary N) is 1. The van der Waals surface area contributed by atoms with Crippen molar-refractivity contribution >= 4 is 23.4 Å². The Morgan fingerprint density at radius 3 is 2.41 bits per heavy atom. The summed E-state index contributed by atoms with van der Waals surface area (Å²) in [6.45, 7) is 4.64. The van der Waals surface area contributed by atoms with Gasteiger partial charge in [0.2, 0.25) is 5.91 Å². The van der Waals surface area contributed by atoms with Gasteiger partial charge < -0.3 is 15.0 Å². The molecule has 2 rings (SSSR count). The zero-order valence-electron chi connectivity index (χ0n) is 17.1. The quantitative estimate of drug-likeness (QED) is 0.551. The maximum absolute atomic E-state index is 12.9.